The Labute approximate surface area is 101 Å². The largest absolute Gasteiger partial charge is 0.399 e. The number of hydrogen-bond donors (Lipinski definition) is 1. The lowest BCUT2D eigenvalue weighted by Crippen LogP contribution is -1.90. The van der Waals surface area contributed by atoms with Gasteiger partial charge in [0.1, 0.15) is 0 Å². The Hall–Kier alpha value is -2.53. The highest BCUT2D eigenvalue weighted by Crippen LogP contribution is 2.24. The van der Waals surface area contributed by atoms with E-state index in [0.717, 1.165) is 16.7 Å². The molecular formula is C15H12N2. The second-order valence-electron chi connectivity index (χ2n) is 3.68. The number of anilines is 1. The van der Waals surface area contributed by atoms with Crippen molar-refractivity contribution in [2.75, 3.05) is 5.73 Å². The molecule has 2 rings (SSSR count). The fourth-order valence-electron chi connectivity index (χ4n) is 1.72. The summed E-state index contributed by atoms with van der Waals surface area (Å²) in [6.07, 6.45) is 1.55. The van der Waals surface area contributed by atoms with Crippen LogP contribution >= 0.6 is 0 Å². The molecule has 82 valence electrons. The molecule has 0 saturated carbocycles. The van der Waals surface area contributed by atoms with Crippen LogP contribution in [0.4, 0.5) is 5.69 Å². The van der Waals surface area contributed by atoms with Crippen LogP contribution < -0.4 is 5.73 Å². The number of benzene rings is 2. The lowest BCUT2D eigenvalue weighted by atomic mass is 9.97. The molecule has 17 heavy (non-hydrogen) atoms. The fraction of sp³-hybridized carbons (Fsp3) is 0. The van der Waals surface area contributed by atoms with E-state index in [1.165, 1.54) is 0 Å². The van der Waals surface area contributed by atoms with Gasteiger partial charge in [0.15, 0.2) is 0 Å². The molecule has 0 aliphatic carbocycles. The third-order valence-electron chi connectivity index (χ3n) is 2.49. The third kappa shape index (κ3) is 2.53. The van der Waals surface area contributed by atoms with Gasteiger partial charge in [-0.2, -0.15) is 5.26 Å². The molecule has 2 aromatic rings. The van der Waals surface area contributed by atoms with E-state index < -0.39 is 0 Å². The van der Waals surface area contributed by atoms with Gasteiger partial charge in [-0.1, -0.05) is 42.5 Å². The lowest BCUT2D eigenvalue weighted by molar-refractivity contribution is 1.51. The first-order valence-electron chi connectivity index (χ1n) is 5.32. The molecular weight excluding hydrogens is 208 g/mol. The highest BCUT2D eigenvalue weighted by Gasteiger charge is 2.04. The Morgan fingerprint density at radius 1 is 1.00 bits per heavy atom. The Balaban J connectivity index is 2.52. The number of nitrogens with zero attached hydrogens (tertiary/aromatic N) is 1. The summed E-state index contributed by atoms with van der Waals surface area (Å²) in [5, 5.41) is 8.87. The van der Waals surface area contributed by atoms with Gasteiger partial charge in [-0.05, 0) is 28.8 Å². The van der Waals surface area contributed by atoms with Crippen molar-refractivity contribution >= 4 is 11.3 Å². The molecule has 0 saturated heterocycles. The highest BCUT2D eigenvalue weighted by atomic mass is 14.5. The molecule has 0 aliphatic rings. The molecule has 0 spiro atoms. The molecule has 0 aromatic heterocycles. The van der Waals surface area contributed by atoms with Gasteiger partial charge in [-0.3, -0.25) is 0 Å². The summed E-state index contributed by atoms with van der Waals surface area (Å²) in [6, 6.07) is 19.4. The van der Waals surface area contributed by atoms with Gasteiger partial charge in [0.05, 0.1) is 6.07 Å². The summed E-state index contributed by atoms with van der Waals surface area (Å²) in [4.78, 5) is 0. The van der Waals surface area contributed by atoms with E-state index in [9.17, 15) is 0 Å². The number of hydrogen-bond acceptors (Lipinski definition) is 2. The van der Waals surface area contributed by atoms with Crippen LogP contribution in [0.25, 0.3) is 5.57 Å². The summed E-state index contributed by atoms with van der Waals surface area (Å²) in [6.45, 7) is 0. The topological polar surface area (TPSA) is 49.8 Å². The average molecular weight is 220 g/mol. The lowest BCUT2D eigenvalue weighted by Gasteiger charge is -2.07. The van der Waals surface area contributed by atoms with Crippen molar-refractivity contribution in [3.63, 3.8) is 0 Å². The second-order valence-corrected chi connectivity index (χ2v) is 3.68. The maximum atomic E-state index is 8.87. The number of allylic oxidation sites excluding steroid dienone is 1. The van der Waals surface area contributed by atoms with E-state index in [1.807, 2.05) is 54.6 Å². The van der Waals surface area contributed by atoms with Crippen LogP contribution in [0.2, 0.25) is 0 Å². The summed E-state index contributed by atoms with van der Waals surface area (Å²) in [5.74, 6) is 0. The van der Waals surface area contributed by atoms with E-state index >= 15 is 0 Å². The SMILES string of the molecule is N#C/C=C(/c1ccccc1)c1cccc(N)c1. The van der Waals surface area contributed by atoms with Crippen LogP contribution in [-0.4, -0.2) is 0 Å². The molecule has 2 nitrogen and oxygen atoms in total. The molecule has 0 atom stereocenters. The summed E-state index contributed by atoms with van der Waals surface area (Å²) >= 11 is 0. The Morgan fingerprint density at radius 3 is 2.35 bits per heavy atom. The maximum absolute atomic E-state index is 8.87. The third-order valence-corrected chi connectivity index (χ3v) is 2.49. The van der Waals surface area contributed by atoms with E-state index in [4.69, 9.17) is 11.0 Å². The molecule has 2 N–H and O–H groups in total. The van der Waals surface area contributed by atoms with Crippen molar-refractivity contribution in [1.82, 2.24) is 0 Å². The smallest absolute Gasteiger partial charge is 0.0918 e. The van der Waals surface area contributed by atoms with Crippen LogP contribution in [0.15, 0.2) is 60.7 Å². The van der Waals surface area contributed by atoms with Crippen LogP contribution in [0, 0.1) is 11.3 Å². The van der Waals surface area contributed by atoms with Crippen molar-refractivity contribution in [3.8, 4) is 6.07 Å². The van der Waals surface area contributed by atoms with Gasteiger partial charge in [0, 0.05) is 11.8 Å². The van der Waals surface area contributed by atoms with E-state index in [-0.39, 0.29) is 0 Å². The first-order chi connectivity index (χ1) is 8.31. The molecule has 0 amide bonds. The predicted octanol–water partition coefficient (Wildman–Crippen LogP) is 3.22. The molecule has 2 heteroatoms. The summed E-state index contributed by atoms with van der Waals surface area (Å²) < 4.78 is 0. The number of nitrogens with two attached hydrogens (primary N) is 1. The highest BCUT2D eigenvalue weighted by molar-refractivity contribution is 5.82. The minimum atomic E-state index is 0.697. The zero-order chi connectivity index (χ0) is 12.1. The monoisotopic (exact) mass is 220 g/mol. The van der Waals surface area contributed by atoms with Gasteiger partial charge in [0.2, 0.25) is 0 Å². The minimum Gasteiger partial charge on any atom is -0.399 e. The average Bonchev–Trinajstić information content (AvgIpc) is 2.37. The number of nitriles is 1. The molecule has 0 fully saturated rings. The first-order valence-corrected chi connectivity index (χ1v) is 5.32. The van der Waals surface area contributed by atoms with Crippen molar-refractivity contribution in [1.29, 1.82) is 5.26 Å². The van der Waals surface area contributed by atoms with Gasteiger partial charge in [0.25, 0.3) is 0 Å². The first kappa shape index (κ1) is 11.0. The van der Waals surface area contributed by atoms with E-state index in [1.54, 1.807) is 6.08 Å². The van der Waals surface area contributed by atoms with Gasteiger partial charge >= 0.3 is 0 Å². The summed E-state index contributed by atoms with van der Waals surface area (Å²) in [5.41, 5.74) is 9.32. The number of nitrogen functional groups attached to an aromatic ring is 1. The van der Waals surface area contributed by atoms with Gasteiger partial charge in [-0.25, -0.2) is 0 Å². The Morgan fingerprint density at radius 2 is 1.71 bits per heavy atom. The Bertz CT molecular complexity index is 577. The van der Waals surface area contributed by atoms with Crippen LogP contribution in [0.1, 0.15) is 11.1 Å². The van der Waals surface area contributed by atoms with Crippen LogP contribution in [-0.2, 0) is 0 Å². The van der Waals surface area contributed by atoms with Crippen molar-refractivity contribution in [3.05, 3.63) is 71.8 Å². The van der Waals surface area contributed by atoms with E-state index in [2.05, 4.69) is 6.07 Å². The van der Waals surface area contributed by atoms with Gasteiger partial charge in [-0.15, -0.1) is 0 Å². The molecule has 0 unspecified atom stereocenters. The molecule has 0 bridgehead atoms. The standard InChI is InChI=1S/C15H12N2/c16-10-9-15(12-5-2-1-3-6-12)13-7-4-8-14(17)11-13/h1-9,11H,17H2/b15-9-. The Kier molecular flexibility index (Phi) is 3.23. The fourth-order valence-corrected chi connectivity index (χ4v) is 1.72. The molecule has 0 aliphatic heterocycles. The predicted molar refractivity (Wildman–Crippen MR) is 70.0 cm³/mol. The molecule has 0 radical (unpaired) electrons. The van der Waals surface area contributed by atoms with Crippen molar-refractivity contribution in [2.45, 2.75) is 0 Å². The normalized spacial score (nSPS) is 10.9. The zero-order valence-electron chi connectivity index (χ0n) is 9.30. The van der Waals surface area contributed by atoms with Crippen molar-refractivity contribution < 1.29 is 0 Å². The summed E-state index contributed by atoms with van der Waals surface area (Å²) in [7, 11) is 0. The quantitative estimate of drug-likeness (QED) is 0.624. The minimum absolute atomic E-state index is 0.697. The zero-order valence-corrected chi connectivity index (χ0v) is 9.30. The molecule has 0 heterocycles. The van der Waals surface area contributed by atoms with Crippen LogP contribution in [0.3, 0.4) is 0 Å². The van der Waals surface area contributed by atoms with Gasteiger partial charge < -0.3 is 5.73 Å². The number of rotatable bonds is 2. The van der Waals surface area contributed by atoms with E-state index in [0.29, 0.717) is 5.69 Å². The maximum Gasteiger partial charge on any atom is 0.0918 e. The van der Waals surface area contributed by atoms with Crippen LogP contribution in [0.5, 0.6) is 0 Å². The molecule has 2 aromatic carbocycles. The van der Waals surface area contributed by atoms with Crippen molar-refractivity contribution in [2.24, 2.45) is 0 Å². The second kappa shape index (κ2) is 5.00.